The van der Waals surface area contributed by atoms with Crippen LogP contribution in [0, 0.1) is 5.92 Å². The van der Waals surface area contributed by atoms with Gasteiger partial charge in [0.2, 0.25) is 0 Å². The average molecular weight is 318 g/mol. The molecule has 6 nitrogen and oxygen atoms in total. The Balaban J connectivity index is 1.83. The molecule has 0 aliphatic carbocycles. The van der Waals surface area contributed by atoms with Gasteiger partial charge in [0.05, 0.1) is 0 Å². The highest BCUT2D eigenvalue weighted by Crippen LogP contribution is 2.21. The van der Waals surface area contributed by atoms with Crippen LogP contribution < -0.4 is 5.32 Å². The standard InChI is InChI=1S/C14H30N4O2S/c1-13(2)15-12-14-4-6-17(7-5-14)21(19,20)18-10-8-16(3)9-11-18/h13-15H,4-12H2,1-3H3. The molecule has 2 aliphatic heterocycles. The van der Waals surface area contributed by atoms with Gasteiger partial charge in [-0.2, -0.15) is 17.0 Å². The SMILES string of the molecule is CC(C)NCC1CCN(S(=O)(=O)N2CCN(C)CC2)CC1. The second-order valence-electron chi connectivity index (χ2n) is 6.62. The van der Waals surface area contributed by atoms with E-state index < -0.39 is 10.2 Å². The van der Waals surface area contributed by atoms with Crippen molar-refractivity contribution in [3.63, 3.8) is 0 Å². The molecule has 0 unspecified atom stereocenters. The van der Waals surface area contributed by atoms with E-state index in [4.69, 9.17) is 0 Å². The van der Waals surface area contributed by atoms with Crippen LogP contribution in [0.15, 0.2) is 0 Å². The average Bonchev–Trinajstić information content (AvgIpc) is 2.46. The second-order valence-corrected chi connectivity index (χ2v) is 8.54. The van der Waals surface area contributed by atoms with Crippen LogP contribution in [0.5, 0.6) is 0 Å². The lowest BCUT2D eigenvalue weighted by Gasteiger charge is -2.38. The fraction of sp³-hybridized carbons (Fsp3) is 1.00. The number of piperazine rings is 1. The molecule has 0 spiro atoms. The Morgan fingerprint density at radius 3 is 2.05 bits per heavy atom. The summed E-state index contributed by atoms with van der Waals surface area (Å²) in [4.78, 5) is 2.18. The van der Waals surface area contributed by atoms with E-state index in [1.807, 2.05) is 7.05 Å². The fourth-order valence-corrected chi connectivity index (χ4v) is 4.55. The molecule has 2 saturated heterocycles. The summed E-state index contributed by atoms with van der Waals surface area (Å²) in [7, 11) is -1.20. The maximum absolute atomic E-state index is 12.6. The first kappa shape index (κ1) is 17.1. The third-order valence-corrected chi connectivity index (χ3v) is 6.54. The molecule has 2 rings (SSSR count). The smallest absolute Gasteiger partial charge is 0.282 e. The molecule has 0 aromatic carbocycles. The van der Waals surface area contributed by atoms with Gasteiger partial charge in [-0.05, 0) is 32.4 Å². The Hall–Kier alpha value is -0.210. The molecule has 0 amide bonds. The van der Waals surface area contributed by atoms with Gasteiger partial charge < -0.3 is 10.2 Å². The third-order valence-electron chi connectivity index (χ3n) is 4.50. The predicted octanol–water partition coefficient (Wildman–Crippen LogP) is 0.189. The van der Waals surface area contributed by atoms with Gasteiger partial charge in [-0.3, -0.25) is 0 Å². The minimum atomic E-state index is -3.24. The first-order chi connectivity index (χ1) is 9.89. The Bertz CT molecular complexity index is 411. The van der Waals surface area contributed by atoms with E-state index in [-0.39, 0.29) is 0 Å². The van der Waals surface area contributed by atoms with Crippen LogP contribution in [0.1, 0.15) is 26.7 Å². The number of hydrogen-bond donors (Lipinski definition) is 1. The molecule has 1 N–H and O–H groups in total. The minimum Gasteiger partial charge on any atom is -0.314 e. The Labute approximate surface area is 129 Å². The quantitative estimate of drug-likeness (QED) is 0.786. The van der Waals surface area contributed by atoms with Crippen LogP contribution in [0.3, 0.4) is 0 Å². The van der Waals surface area contributed by atoms with E-state index in [2.05, 4.69) is 24.1 Å². The molecule has 2 aliphatic rings. The highest BCUT2D eigenvalue weighted by Gasteiger charge is 2.34. The van der Waals surface area contributed by atoms with Crippen molar-refractivity contribution >= 4 is 10.2 Å². The number of nitrogens with zero attached hydrogens (tertiary/aromatic N) is 3. The summed E-state index contributed by atoms with van der Waals surface area (Å²) in [6.45, 7) is 9.52. The molecule has 21 heavy (non-hydrogen) atoms. The highest BCUT2D eigenvalue weighted by molar-refractivity contribution is 7.86. The summed E-state index contributed by atoms with van der Waals surface area (Å²) >= 11 is 0. The Morgan fingerprint density at radius 2 is 1.52 bits per heavy atom. The number of hydrogen-bond acceptors (Lipinski definition) is 4. The maximum Gasteiger partial charge on any atom is 0.282 e. The van der Waals surface area contributed by atoms with E-state index in [0.717, 1.165) is 32.5 Å². The monoisotopic (exact) mass is 318 g/mol. The fourth-order valence-electron chi connectivity index (χ4n) is 2.93. The van der Waals surface area contributed by atoms with E-state index >= 15 is 0 Å². The second kappa shape index (κ2) is 7.37. The van der Waals surface area contributed by atoms with E-state index in [9.17, 15) is 8.42 Å². The van der Waals surface area contributed by atoms with Crippen molar-refractivity contribution in [2.24, 2.45) is 5.92 Å². The molecule has 0 aromatic rings. The maximum atomic E-state index is 12.6. The summed E-state index contributed by atoms with van der Waals surface area (Å²) in [5.74, 6) is 0.603. The Morgan fingerprint density at radius 1 is 1.00 bits per heavy atom. The summed E-state index contributed by atoms with van der Waals surface area (Å²) in [5, 5.41) is 3.45. The zero-order valence-corrected chi connectivity index (χ0v) is 14.4. The predicted molar refractivity (Wildman–Crippen MR) is 85.4 cm³/mol. The van der Waals surface area contributed by atoms with Gasteiger partial charge >= 0.3 is 0 Å². The molecule has 0 saturated carbocycles. The largest absolute Gasteiger partial charge is 0.314 e. The van der Waals surface area contributed by atoms with Crippen molar-refractivity contribution in [1.82, 2.24) is 18.8 Å². The summed E-state index contributed by atoms with van der Waals surface area (Å²) in [6.07, 6.45) is 1.93. The van der Waals surface area contributed by atoms with Crippen LogP contribution in [-0.4, -0.2) is 80.8 Å². The molecular weight excluding hydrogens is 288 g/mol. The van der Waals surface area contributed by atoms with Crippen molar-refractivity contribution in [2.75, 3.05) is 52.9 Å². The van der Waals surface area contributed by atoms with Crippen molar-refractivity contribution < 1.29 is 8.42 Å². The molecular formula is C14H30N4O2S. The van der Waals surface area contributed by atoms with E-state index in [0.29, 0.717) is 38.1 Å². The van der Waals surface area contributed by atoms with Crippen molar-refractivity contribution in [3.05, 3.63) is 0 Å². The molecule has 2 fully saturated rings. The van der Waals surface area contributed by atoms with Gasteiger partial charge in [0.15, 0.2) is 0 Å². The van der Waals surface area contributed by atoms with E-state index in [1.165, 1.54) is 0 Å². The molecule has 2 heterocycles. The van der Waals surface area contributed by atoms with Crippen molar-refractivity contribution in [3.8, 4) is 0 Å². The van der Waals surface area contributed by atoms with Gasteiger partial charge in [0, 0.05) is 45.3 Å². The normalized spacial score (nSPS) is 24.8. The summed E-state index contributed by atoms with van der Waals surface area (Å²) < 4.78 is 28.6. The van der Waals surface area contributed by atoms with Gasteiger partial charge in [0.1, 0.15) is 0 Å². The van der Waals surface area contributed by atoms with Crippen LogP contribution in [0.25, 0.3) is 0 Å². The van der Waals surface area contributed by atoms with Crippen LogP contribution in [0.4, 0.5) is 0 Å². The third kappa shape index (κ3) is 4.63. The van der Waals surface area contributed by atoms with Gasteiger partial charge in [-0.15, -0.1) is 0 Å². The molecule has 0 aromatic heterocycles. The van der Waals surface area contributed by atoms with Gasteiger partial charge in [-0.25, -0.2) is 0 Å². The van der Waals surface area contributed by atoms with Crippen LogP contribution in [-0.2, 0) is 10.2 Å². The summed E-state index contributed by atoms with van der Waals surface area (Å²) in [5.41, 5.74) is 0. The molecule has 0 radical (unpaired) electrons. The zero-order valence-electron chi connectivity index (χ0n) is 13.6. The topological polar surface area (TPSA) is 55.9 Å². The summed E-state index contributed by atoms with van der Waals surface area (Å²) in [6, 6.07) is 0.497. The lowest BCUT2D eigenvalue weighted by atomic mass is 9.98. The molecule has 124 valence electrons. The molecule has 0 bridgehead atoms. The first-order valence-corrected chi connectivity index (χ1v) is 9.46. The van der Waals surface area contributed by atoms with Crippen molar-refractivity contribution in [1.29, 1.82) is 0 Å². The van der Waals surface area contributed by atoms with Crippen LogP contribution >= 0.6 is 0 Å². The number of piperidine rings is 1. The highest BCUT2D eigenvalue weighted by atomic mass is 32.2. The lowest BCUT2D eigenvalue weighted by Crippen LogP contribution is -2.53. The number of likely N-dealkylation sites (N-methyl/N-ethyl adjacent to an activating group) is 1. The van der Waals surface area contributed by atoms with Gasteiger partial charge in [-0.1, -0.05) is 13.8 Å². The lowest BCUT2D eigenvalue weighted by molar-refractivity contribution is 0.199. The number of rotatable bonds is 5. The van der Waals surface area contributed by atoms with E-state index in [1.54, 1.807) is 8.61 Å². The molecule has 7 heteroatoms. The van der Waals surface area contributed by atoms with Gasteiger partial charge in [0.25, 0.3) is 10.2 Å². The first-order valence-electron chi connectivity index (χ1n) is 8.06. The molecule has 0 atom stereocenters. The Kier molecular flexibility index (Phi) is 6.02. The van der Waals surface area contributed by atoms with Crippen LogP contribution in [0.2, 0.25) is 0 Å². The zero-order chi connectivity index (χ0) is 15.5. The van der Waals surface area contributed by atoms with Crippen molar-refractivity contribution in [2.45, 2.75) is 32.7 Å². The minimum absolute atomic E-state index is 0.497. The number of nitrogens with one attached hydrogen (secondary N) is 1.